The summed E-state index contributed by atoms with van der Waals surface area (Å²) in [4.78, 5) is 13.4. The second kappa shape index (κ2) is 7.33. The van der Waals surface area contributed by atoms with Gasteiger partial charge < -0.3 is 5.32 Å². The molecule has 0 fully saturated rings. The zero-order chi connectivity index (χ0) is 18.6. The van der Waals surface area contributed by atoms with Crippen LogP contribution in [0.3, 0.4) is 0 Å². The van der Waals surface area contributed by atoms with Gasteiger partial charge in [-0.25, -0.2) is 14.4 Å². The van der Waals surface area contributed by atoms with Crippen molar-refractivity contribution in [2.24, 2.45) is 0 Å². The molecule has 0 aliphatic heterocycles. The Morgan fingerprint density at radius 1 is 0.815 bits per heavy atom. The summed E-state index contributed by atoms with van der Waals surface area (Å²) in [5.74, 6) is 1.14. The Balaban J connectivity index is 1.58. The molecule has 27 heavy (non-hydrogen) atoms. The highest BCUT2D eigenvalue weighted by molar-refractivity contribution is 5.69. The number of hydrogen-bond donors (Lipinski definition) is 1. The van der Waals surface area contributed by atoms with E-state index < -0.39 is 0 Å². The van der Waals surface area contributed by atoms with Crippen LogP contribution in [0, 0.1) is 12.7 Å². The van der Waals surface area contributed by atoms with Crippen LogP contribution >= 0.6 is 0 Å². The number of benzene rings is 1. The number of aryl methyl sites for hydroxylation is 1. The van der Waals surface area contributed by atoms with Crippen LogP contribution in [0.2, 0.25) is 0 Å². The molecule has 4 rings (SSSR count). The number of aromatic nitrogens is 3. The highest BCUT2D eigenvalue weighted by atomic mass is 19.1. The van der Waals surface area contributed by atoms with E-state index in [4.69, 9.17) is 0 Å². The van der Waals surface area contributed by atoms with Gasteiger partial charge in [-0.05, 0) is 60.5 Å². The topological polar surface area (TPSA) is 50.7 Å². The second-order valence-corrected chi connectivity index (χ2v) is 6.14. The van der Waals surface area contributed by atoms with Gasteiger partial charge in [0, 0.05) is 18.0 Å². The van der Waals surface area contributed by atoms with E-state index in [0.29, 0.717) is 11.6 Å². The maximum atomic E-state index is 13.1. The van der Waals surface area contributed by atoms with E-state index in [-0.39, 0.29) is 5.82 Å². The molecule has 0 radical (unpaired) electrons. The molecule has 0 aliphatic carbocycles. The number of nitrogens with zero attached hydrogens (tertiary/aromatic N) is 3. The van der Waals surface area contributed by atoms with Gasteiger partial charge in [-0.3, -0.25) is 4.98 Å². The quantitative estimate of drug-likeness (QED) is 0.532. The molecule has 0 amide bonds. The second-order valence-electron chi connectivity index (χ2n) is 6.14. The summed E-state index contributed by atoms with van der Waals surface area (Å²) in [7, 11) is 0. The zero-order valence-electron chi connectivity index (χ0n) is 14.7. The molecule has 5 heteroatoms. The molecule has 4 aromatic rings. The third-order valence-electron chi connectivity index (χ3n) is 4.20. The Hall–Kier alpha value is -3.60. The Kier molecular flexibility index (Phi) is 4.58. The highest BCUT2D eigenvalue weighted by Crippen LogP contribution is 2.26. The molecule has 0 saturated carbocycles. The Bertz CT molecular complexity index is 1060. The Morgan fingerprint density at radius 3 is 2.37 bits per heavy atom. The van der Waals surface area contributed by atoms with Crippen molar-refractivity contribution >= 4 is 11.6 Å². The normalized spacial score (nSPS) is 10.6. The summed E-state index contributed by atoms with van der Waals surface area (Å²) in [5.41, 5.74) is 4.55. The summed E-state index contributed by atoms with van der Waals surface area (Å²) < 4.78 is 13.1. The molecule has 0 unspecified atom stereocenters. The fourth-order valence-corrected chi connectivity index (χ4v) is 2.85. The maximum Gasteiger partial charge on any atom is 0.132 e. The molecule has 132 valence electrons. The summed E-state index contributed by atoms with van der Waals surface area (Å²) in [6.07, 6.45) is 3.53. The molecule has 0 saturated heterocycles. The summed E-state index contributed by atoms with van der Waals surface area (Å²) in [6, 6.07) is 19.8. The van der Waals surface area contributed by atoms with Gasteiger partial charge >= 0.3 is 0 Å². The first-order valence-electron chi connectivity index (χ1n) is 8.57. The van der Waals surface area contributed by atoms with Crippen LogP contribution in [-0.4, -0.2) is 15.0 Å². The van der Waals surface area contributed by atoms with Gasteiger partial charge in [-0.1, -0.05) is 24.3 Å². The van der Waals surface area contributed by atoms with E-state index in [0.717, 1.165) is 28.1 Å². The molecule has 4 nitrogen and oxygen atoms in total. The molecule has 3 heterocycles. The zero-order valence-corrected chi connectivity index (χ0v) is 14.7. The van der Waals surface area contributed by atoms with Crippen molar-refractivity contribution in [3.05, 3.63) is 90.5 Å². The van der Waals surface area contributed by atoms with Crippen LogP contribution in [0.25, 0.3) is 22.5 Å². The van der Waals surface area contributed by atoms with Crippen molar-refractivity contribution in [2.45, 2.75) is 6.92 Å². The van der Waals surface area contributed by atoms with Crippen LogP contribution < -0.4 is 5.32 Å². The third kappa shape index (κ3) is 3.82. The van der Waals surface area contributed by atoms with Crippen molar-refractivity contribution in [2.75, 3.05) is 5.32 Å². The van der Waals surface area contributed by atoms with Crippen molar-refractivity contribution < 1.29 is 4.39 Å². The van der Waals surface area contributed by atoms with E-state index in [2.05, 4.69) is 20.3 Å². The molecular formula is C22H17FN4. The highest BCUT2D eigenvalue weighted by Gasteiger charge is 2.07. The van der Waals surface area contributed by atoms with E-state index in [9.17, 15) is 4.39 Å². The molecular weight excluding hydrogens is 339 g/mol. The first kappa shape index (κ1) is 16.8. The van der Waals surface area contributed by atoms with E-state index >= 15 is 0 Å². The third-order valence-corrected chi connectivity index (χ3v) is 4.20. The lowest BCUT2D eigenvalue weighted by Crippen LogP contribution is -1.98. The smallest absolute Gasteiger partial charge is 0.132 e. The van der Waals surface area contributed by atoms with Gasteiger partial charge in [0.15, 0.2) is 0 Å². The lowest BCUT2D eigenvalue weighted by Gasteiger charge is -2.10. The lowest BCUT2D eigenvalue weighted by atomic mass is 10.0. The standard InChI is InChI=1S/C22H17FN4/c1-15-13-22(25-14-18(15)16-8-10-17(23)11-9-16)27-21-7-4-6-20(26-21)19-5-2-3-12-24-19/h2-14H,1H3,(H,25,26,27). The van der Waals surface area contributed by atoms with Crippen LogP contribution in [0.5, 0.6) is 0 Å². The molecule has 0 aliphatic rings. The van der Waals surface area contributed by atoms with Crippen LogP contribution in [-0.2, 0) is 0 Å². The van der Waals surface area contributed by atoms with Crippen molar-refractivity contribution in [3.8, 4) is 22.5 Å². The molecule has 0 bridgehead atoms. The summed E-state index contributed by atoms with van der Waals surface area (Å²) in [5, 5.41) is 3.23. The SMILES string of the molecule is Cc1cc(Nc2cccc(-c3ccccn3)n2)ncc1-c1ccc(F)cc1. The average Bonchev–Trinajstić information content (AvgIpc) is 2.70. The van der Waals surface area contributed by atoms with Crippen molar-refractivity contribution in [1.29, 1.82) is 0 Å². The van der Waals surface area contributed by atoms with Crippen LogP contribution in [0.4, 0.5) is 16.0 Å². The van der Waals surface area contributed by atoms with Gasteiger partial charge in [-0.2, -0.15) is 0 Å². The number of nitrogens with one attached hydrogen (secondary N) is 1. The largest absolute Gasteiger partial charge is 0.325 e. The van der Waals surface area contributed by atoms with Crippen molar-refractivity contribution in [1.82, 2.24) is 15.0 Å². The fraction of sp³-hybridized carbons (Fsp3) is 0.0455. The number of anilines is 2. The van der Waals surface area contributed by atoms with E-state index in [1.807, 2.05) is 49.4 Å². The van der Waals surface area contributed by atoms with Crippen LogP contribution in [0.1, 0.15) is 5.56 Å². The minimum Gasteiger partial charge on any atom is -0.325 e. The first-order chi connectivity index (χ1) is 13.2. The summed E-state index contributed by atoms with van der Waals surface area (Å²) in [6.45, 7) is 2.00. The van der Waals surface area contributed by atoms with Crippen molar-refractivity contribution in [3.63, 3.8) is 0 Å². The molecule has 0 atom stereocenters. The first-order valence-corrected chi connectivity index (χ1v) is 8.57. The fourth-order valence-electron chi connectivity index (χ4n) is 2.85. The molecule has 3 aromatic heterocycles. The molecule has 1 N–H and O–H groups in total. The lowest BCUT2D eigenvalue weighted by molar-refractivity contribution is 0.628. The predicted octanol–water partition coefficient (Wildman–Crippen LogP) is 5.40. The molecule has 1 aromatic carbocycles. The Labute approximate surface area is 156 Å². The average molecular weight is 356 g/mol. The summed E-state index contributed by atoms with van der Waals surface area (Å²) >= 11 is 0. The van der Waals surface area contributed by atoms with Gasteiger partial charge in [-0.15, -0.1) is 0 Å². The Morgan fingerprint density at radius 2 is 1.63 bits per heavy atom. The van der Waals surface area contributed by atoms with Crippen LogP contribution in [0.15, 0.2) is 79.1 Å². The van der Waals surface area contributed by atoms with E-state index in [1.54, 1.807) is 24.5 Å². The van der Waals surface area contributed by atoms with E-state index in [1.165, 1.54) is 12.1 Å². The maximum absolute atomic E-state index is 13.1. The number of hydrogen-bond acceptors (Lipinski definition) is 4. The minimum atomic E-state index is -0.249. The number of halogens is 1. The monoisotopic (exact) mass is 356 g/mol. The van der Waals surface area contributed by atoms with Gasteiger partial charge in [0.05, 0.1) is 11.4 Å². The van der Waals surface area contributed by atoms with Gasteiger partial charge in [0.1, 0.15) is 17.5 Å². The number of rotatable bonds is 4. The minimum absolute atomic E-state index is 0.249. The molecule has 0 spiro atoms. The predicted molar refractivity (Wildman–Crippen MR) is 105 cm³/mol. The van der Waals surface area contributed by atoms with Gasteiger partial charge in [0.2, 0.25) is 0 Å². The van der Waals surface area contributed by atoms with Gasteiger partial charge in [0.25, 0.3) is 0 Å². The number of pyridine rings is 3.